The molecule has 0 saturated carbocycles. The molecule has 0 unspecified atom stereocenters. The van der Waals surface area contributed by atoms with E-state index >= 15 is 0 Å². The number of amides is 2. The lowest BCUT2D eigenvalue weighted by atomic mass is 9.97. The predicted octanol–water partition coefficient (Wildman–Crippen LogP) is -0.684. The van der Waals surface area contributed by atoms with Crippen LogP contribution in [0, 0.1) is 0 Å². The molecule has 1 aromatic heterocycles. The molecule has 6 heteroatoms. The SMILES string of the molecule is O=C1N=c2cnc(C3CCNCC3)nc2=N1. The Bertz CT molecular complexity index is 547. The van der Waals surface area contributed by atoms with Gasteiger partial charge in [-0.2, -0.15) is 9.98 Å². The third-order valence-electron chi connectivity index (χ3n) is 2.89. The molecule has 0 atom stereocenters. The molecule has 0 aromatic carbocycles. The highest BCUT2D eigenvalue weighted by molar-refractivity contribution is 5.77. The van der Waals surface area contributed by atoms with Crippen LogP contribution in [0.25, 0.3) is 0 Å². The molecule has 3 rings (SSSR count). The number of carbonyl (C=O) groups is 1. The van der Waals surface area contributed by atoms with E-state index in [-0.39, 0.29) is 0 Å². The standard InChI is InChI=1S/C10H11N5O/c16-10-13-7-5-12-8(14-9(7)15-10)6-1-3-11-4-2-6/h5-6,11H,1-4H2. The second-order valence-corrected chi connectivity index (χ2v) is 3.97. The van der Waals surface area contributed by atoms with Crippen LogP contribution in [-0.2, 0) is 0 Å². The summed E-state index contributed by atoms with van der Waals surface area (Å²) in [6.07, 6.45) is 3.65. The first-order chi connectivity index (χ1) is 7.83. The maximum Gasteiger partial charge on any atom is 0.369 e. The minimum absolute atomic E-state index is 0.373. The Balaban J connectivity index is 1.99. The average Bonchev–Trinajstić information content (AvgIpc) is 2.69. The molecular formula is C10H11N5O. The third-order valence-corrected chi connectivity index (χ3v) is 2.89. The number of rotatable bonds is 1. The molecule has 1 N–H and O–H groups in total. The average molecular weight is 217 g/mol. The Morgan fingerprint density at radius 1 is 1.25 bits per heavy atom. The van der Waals surface area contributed by atoms with Crippen LogP contribution in [0.1, 0.15) is 24.6 Å². The van der Waals surface area contributed by atoms with Crippen LogP contribution in [-0.4, -0.2) is 29.1 Å². The van der Waals surface area contributed by atoms with Crippen LogP contribution in [0.2, 0.25) is 0 Å². The molecular weight excluding hydrogens is 206 g/mol. The normalized spacial score (nSPS) is 20.1. The predicted molar refractivity (Wildman–Crippen MR) is 54.6 cm³/mol. The lowest BCUT2D eigenvalue weighted by Crippen LogP contribution is -2.32. The lowest BCUT2D eigenvalue weighted by molar-refractivity contribution is 0.256. The van der Waals surface area contributed by atoms with Crippen molar-refractivity contribution in [3.05, 3.63) is 22.9 Å². The van der Waals surface area contributed by atoms with Gasteiger partial charge >= 0.3 is 6.03 Å². The number of hydrogen-bond acceptors (Lipinski definition) is 4. The van der Waals surface area contributed by atoms with Gasteiger partial charge < -0.3 is 5.32 Å². The molecule has 1 saturated heterocycles. The number of fused-ring (bicyclic) bond motifs is 1. The summed E-state index contributed by atoms with van der Waals surface area (Å²) in [7, 11) is 0. The molecule has 1 fully saturated rings. The van der Waals surface area contributed by atoms with Crippen molar-refractivity contribution in [2.45, 2.75) is 18.8 Å². The second kappa shape index (κ2) is 3.71. The van der Waals surface area contributed by atoms with E-state index in [0.717, 1.165) is 31.8 Å². The summed E-state index contributed by atoms with van der Waals surface area (Å²) in [6, 6.07) is -0.480. The highest BCUT2D eigenvalue weighted by atomic mass is 16.2. The summed E-state index contributed by atoms with van der Waals surface area (Å²) in [5.41, 5.74) is 0.425. The Labute approximate surface area is 91.6 Å². The number of hydrogen-bond donors (Lipinski definition) is 1. The fraction of sp³-hybridized carbons (Fsp3) is 0.500. The van der Waals surface area contributed by atoms with E-state index in [4.69, 9.17) is 0 Å². The molecule has 0 spiro atoms. The molecule has 2 aliphatic rings. The molecule has 2 amide bonds. The van der Waals surface area contributed by atoms with Crippen molar-refractivity contribution in [3.8, 4) is 0 Å². The van der Waals surface area contributed by atoms with Gasteiger partial charge in [0.15, 0.2) is 5.49 Å². The molecule has 82 valence electrons. The summed E-state index contributed by atoms with van der Waals surface area (Å²) in [5.74, 6) is 1.16. The van der Waals surface area contributed by atoms with Gasteiger partial charge in [0.2, 0.25) is 0 Å². The number of piperidine rings is 1. The van der Waals surface area contributed by atoms with E-state index in [0.29, 0.717) is 16.8 Å². The molecule has 6 nitrogen and oxygen atoms in total. The summed E-state index contributed by atoms with van der Waals surface area (Å²) >= 11 is 0. The van der Waals surface area contributed by atoms with E-state index < -0.39 is 6.03 Å². The van der Waals surface area contributed by atoms with Crippen molar-refractivity contribution in [3.63, 3.8) is 0 Å². The van der Waals surface area contributed by atoms with E-state index in [9.17, 15) is 4.79 Å². The maximum atomic E-state index is 11.0. The van der Waals surface area contributed by atoms with Crippen LogP contribution < -0.4 is 16.2 Å². The van der Waals surface area contributed by atoms with E-state index in [1.807, 2.05) is 0 Å². The van der Waals surface area contributed by atoms with Crippen molar-refractivity contribution in [1.82, 2.24) is 15.3 Å². The van der Waals surface area contributed by atoms with Gasteiger partial charge in [0.25, 0.3) is 0 Å². The fourth-order valence-electron chi connectivity index (χ4n) is 2.04. The van der Waals surface area contributed by atoms with Gasteiger partial charge in [0, 0.05) is 5.92 Å². The number of nitrogens with one attached hydrogen (secondary N) is 1. The summed E-state index contributed by atoms with van der Waals surface area (Å²) in [4.78, 5) is 27.0. The van der Waals surface area contributed by atoms with E-state index in [1.54, 1.807) is 6.20 Å². The van der Waals surface area contributed by atoms with Crippen molar-refractivity contribution >= 4 is 6.03 Å². The van der Waals surface area contributed by atoms with Gasteiger partial charge in [-0.3, -0.25) is 0 Å². The largest absolute Gasteiger partial charge is 0.369 e. The van der Waals surface area contributed by atoms with Crippen molar-refractivity contribution in [1.29, 1.82) is 0 Å². The summed E-state index contributed by atoms with van der Waals surface area (Å²) in [5, 5.41) is 3.78. The number of nitrogens with zero attached hydrogens (tertiary/aromatic N) is 4. The number of aromatic nitrogens is 2. The summed E-state index contributed by atoms with van der Waals surface area (Å²) < 4.78 is 0. The molecule has 2 aliphatic heterocycles. The second-order valence-electron chi connectivity index (χ2n) is 3.97. The van der Waals surface area contributed by atoms with Crippen molar-refractivity contribution in [2.24, 2.45) is 9.98 Å². The van der Waals surface area contributed by atoms with Gasteiger partial charge in [0.1, 0.15) is 11.2 Å². The molecule has 1 aromatic rings. The Kier molecular flexibility index (Phi) is 2.21. The Hall–Kier alpha value is -1.69. The lowest BCUT2D eigenvalue weighted by Gasteiger charge is -2.20. The monoisotopic (exact) mass is 217 g/mol. The van der Waals surface area contributed by atoms with Crippen LogP contribution in [0.5, 0.6) is 0 Å². The van der Waals surface area contributed by atoms with E-state index in [2.05, 4.69) is 25.3 Å². The molecule has 0 radical (unpaired) electrons. The molecule has 0 bridgehead atoms. The number of carbonyl (C=O) groups excluding carboxylic acids is 1. The van der Waals surface area contributed by atoms with Gasteiger partial charge in [0.05, 0.1) is 6.20 Å². The molecule has 0 aliphatic carbocycles. The minimum atomic E-state index is -0.480. The zero-order valence-corrected chi connectivity index (χ0v) is 8.68. The fourth-order valence-corrected chi connectivity index (χ4v) is 2.04. The van der Waals surface area contributed by atoms with Gasteiger partial charge in [-0.1, -0.05) is 0 Å². The summed E-state index contributed by atoms with van der Waals surface area (Å²) in [6.45, 7) is 1.98. The van der Waals surface area contributed by atoms with E-state index in [1.165, 1.54) is 0 Å². The van der Waals surface area contributed by atoms with Crippen LogP contribution >= 0.6 is 0 Å². The third kappa shape index (κ3) is 1.61. The smallest absolute Gasteiger partial charge is 0.317 e. The van der Waals surface area contributed by atoms with Crippen LogP contribution in [0.15, 0.2) is 16.2 Å². The van der Waals surface area contributed by atoms with Gasteiger partial charge in [-0.05, 0) is 25.9 Å². The van der Waals surface area contributed by atoms with Crippen LogP contribution in [0.3, 0.4) is 0 Å². The van der Waals surface area contributed by atoms with Crippen LogP contribution in [0.4, 0.5) is 4.79 Å². The highest BCUT2D eigenvalue weighted by Gasteiger charge is 2.18. The maximum absolute atomic E-state index is 11.0. The first-order valence-corrected chi connectivity index (χ1v) is 5.38. The quantitative estimate of drug-likeness (QED) is 0.675. The zero-order valence-electron chi connectivity index (χ0n) is 8.68. The minimum Gasteiger partial charge on any atom is -0.317 e. The topological polar surface area (TPSA) is 79.6 Å². The van der Waals surface area contributed by atoms with Gasteiger partial charge in [-0.25, -0.2) is 14.8 Å². The number of urea groups is 1. The Morgan fingerprint density at radius 2 is 2.06 bits per heavy atom. The highest BCUT2D eigenvalue weighted by Crippen LogP contribution is 2.20. The first kappa shape index (κ1) is 9.53. The van der Waals surface area contributed by atoms with Crippen molar-refractivity contribution in [2.75, 3.05) is 13.1 Å². The zero-order chi connectivity index (χ0) is 11.0. The molecule has 3 heterocycles. The molecule has 16 heavy (non-hydrogen) atoms. The first-order valence-electron chi connectivity index (χ1n) is 5.38. The van der Waals surface area contributed by atoms with Gasteiger partial charge in [-0.15, -0.1) is 0 Å². The Morgan fingerprint density at radius 3 is 2.88 bits per heavy atom. The van der Waals surface area contributed by atoms with Crippen molar-refractivity contribution < 1.29 is 4.79 Å².